The second-order valence-electron chi connectivity index (χ2n) is 5.22. The SMILES string of the molecule is O=C(NCC(F)(F)F)[C@H]1CCCN1S(=O)(=O)N1CCCC1. The van der Waals surface area contributed by atoms with Gasteiger partial charge in [-0.15, -0.1) is 0 Å². The van der Waals surface area contributed by atoms with E-state index in [-0.39, 0.29) is 13.0 Å². The lowest BCUT2D eigenvalue weighted by molar-refractivity contribution is -0.140. The predicted molar refractivity (Wildman–Crippen MR) is 68.5 cm³/mol. The highest BCUT2D eigenvalue weighted by molar-refractivity contribution is 7.86. The molecule has 0 saturated carbocycles. The Balaban J connectivity index is 2.04. The van der Waals surface area contributed by atoms with E-state index in [4.69, 9.17) is 0 Å². The summed E-state index contributed by atoms with van der Waals surface area (Å²) in [6.07, 6.45) is -2.27. The van der Waals surface area contributed by atoms with Crippen LogP contribution in [-0.2, 0) is 15.0 Å². The molecule has 2 fully saturated rings. The van der Waals surface area contributed by atoms with Gasteiger partial charge in [0.2, 0.25) is 5.91 Å². The van der Waals surface area contributed by atoms with E-state index >= 15 is 0 Å². The lowest BCUT2D eigenvalue weighted by Gasteiger charge is -2.27. The molecule has 2 aliphatic heterocycles. The first-order valence-corrected chi connectivity index (χ1v) is 8.23. The minimum atomic E-state index is -4.51. The van der Waals surface area contributed by atoms with Crippen LogP contribution < -0.4 is 5.32 Å². The van der Waals surface area contributed by atoms with E-state index in [0.717, 1.165) is 17.1 Å². The number of nitrogens with zero attached hydrogens (tertiary/aromatic N) is 2. The zero-order chi connectivity index (χ0) is 15.7. The third kappa shape index (κ3) is 3.86. The van der Waals surface area contributed by atoms with Gasteiger partial charge in [-0.3, -0.25) is 4.79 Å². The van der Waals surface area contributed by atoms with Crippen molar-refractivity contribution < 1.29 is 26.4 Å². The highest BCUT2D eigenvalue weighted by Gasteiger charge is 2.42. The Labute approximate surface area is 121 Å². The van der Waals surface area contributed by atoms with E-state index in [1.54, 1.807) is 5.32 Å². The molecule has 2 heterocycles. The van der Waals surface area contributed by atoms with Crippen LogP contribution >= 0.6 is 0 Å². The molecule has 0 spiro atoms. The van der Waals surface area contributed by atoms with Gasteiger partial charge < -0.3 is 5.32 Å². The lowest BCUT2D eigenvalue weighted by atomic mass is 10.2. The number of hydrogen-bond acceptors (Lipinski definition) is 3. The normalized spacial score (nSPS) is 25.4. The quantitative estimate of drug-likeness (QED) is 0.815. The van der Waals surface area contributed by atoms with Crippen LogP contribution in [0.25, 0.3) is 0 Å². The van der Waals surface area contributed by atoms with Gasteiger partial charge in [-0.1, -0.05) is 0 Å². The van der Waals surface area contributed by atoms with Crippen LogP contribution in [0.3, 0.4) is 0 Å². The molecular weight excluding hydrogens is 311 g/mol. The number of rotatable bonds is 4. The van der Waals surface area contributed by atoms with Gasteiger partial charge in [-0.2, -0.15) is 30.2 Å². The van der Waals surface area contributed by atoms with Gasteiger partial charge in [0.05, 0.1) is 0 Å². The topological polar surface area (TPSA) is 69.7 Å². The Hall–Kier alpha value is -0.870. The maximum absolute atomic E-state index is 12.4. The molecule has 0 aromatic heterocycles. The molecule has 10 heteroatoms. The van der Waals surface area contributed by atoms with E-state index in [1.807, 2.05) is 0 Å². The third-order valence-electron chi connectivity index (χ3n) is 3.66. The lowest BCUT2D eigenvalue weighted by Crippen LogP contribution is -2.51. The van der Waals surface area contributed by atoms with Crippen LogP contribution in [0.1, 0.15) is 25.7 Å². The number of carbonyl (C=O) groups is 1. The summed E-state index contributed by atoms with van der Waals surface area (Å²) in [6.45, 7) is -0.478. The molecule has 2 rings (SSSR count). The highest BCUT2D eigenvalue weighted by atomic mass is 32.2. The molecule has 6 nitrogen and oxygen atoms in total. The summed E-state index contributed by atoms with van der Waals surface area (Å²) in [4.78, 5) is 11.8. The summed E-state index contributed by atoms with van der Waals surface area (Å²) in [5.41, 5.74) is 0. The average molecular weight is 329 g/mol. The fourth-order valence-corrected chi connectivity index (χ4v) is 4.55. The summed E-state index contributed by atoms with van der Waals surface area (Å²) < 4.78 is 63.5. The molecule has 2 saturated heterocycles. The number of halogens is 3. The first kappa shape index (κ1) is 16.5. The number of alkyl halides is 3. The minimum absolute atomic E-state index is 0.170. The Morgan fingerprint density at radius 2 is 1.76 bits per heavy atom. The molecule has 0 aromatic rings. The smallest absolute Gasteiger partial charge is 0.346 e. The van der Waals surface area contributed by atoms with E-state index in [9.17, 15) is 26.4 Å². The molecule has 2 aliphatic rings. The Bertz CT molecular complexity index is 489. The van der Waals surface area contributed by atoms with Crippen LogP contribution in [0.2, 0.25) is 0 Å². The van der Waals surface area contributed by atoms with E-state index in [2.05, 4.69) is 0 Å². The van der Waals surface area contributed by atoms with Crippen molar-refractivity contribution in [1.29, 1.82) is 0 Å². The Morgan fingerprint density at radius 3 is 2.33 bits per heavy atom. The number of carbonyl (C=O) groups excluding carboxylic acids is 1. The van der Waals surface area contributed by atoms with E-state index < -0.39 is 34.9 Å². The fourth-order valence-electron chi connectivity index (χ4n) is 2.65. The molecule has 1 amide bonds. The van der Waals surface area contributed by atoms with Crippen molar-refractivity contribution in [2.24, 2.45) is 0 Å². The minimum Gasteiger partial charge on any atom is -0.346 e. The van der Waals surface area contributed by atoms with Crippen LogP contribution in [-0.4, -0.2) is 61.3 Å². The van der Waals surface area contributed by atoms with Crippen LogP contribution in [0.4, 0.5) is 13.2 Å². The zero-order valence-electron chi connectivity index (χ0n) is 11.4. The summed E-state index contributed by atoms with van der Waals surface area (Å²) in [6, 6.07) is -1.04. The monoisotopic (exact) mass is 329 g/mol. The van der Waals surface area contributed by atoms with Crippen molar-refractivity contribution in [2.45, 2.75) is 37.9 Å². The molecule has 0 aliphatic carbocycles. The van der Waals surface area contributed by atoms with Gasteiger partial charge in [0.25, 0.3) is 10.2 Å². The number of nitrogens with one attached hydrogen (secondary N) is 1. The molecule has 21 heavy (non-hydrogen) atoms. The molecule has 122 valence electrons. The molecule has 0 unspecified atom stereocenters. The van der Waals surface area contributed by atoms with Crippen LogP contribution in [0.5, 0.6) is 0 Å². The van der Waals surface area contributed by atoms with E-state index in [1.165, 1.54) is 4.31 Å². The van der Waals surface area contributed by atoms with Crippen LogP contribution in [0, 0.1) is 0 Å². The number of hydrogen-bond donors (Lipinski definition) is 1. The summed E-state index contributed by atoms with van der Waals surface area (Å²) in [5, 5.41) is 1.77. The first-order valence-electron chi connectivity index (χ1n) is 6.83. The second-order valence-corrected chi connectivity index (χ2v) is 7.10. The number of amides is 1. The maximum atomic E-state index is 12.4. The average Bonchev–Trinajstić information content (AvgIpc) is 3.05. The molecular formula is C11H18F3N3O3S. The third-order valence-corrected chi connectivity index (χ3v) is 5.70. The maximum Gasteiger partial charge on any atom is 0.405 e. The Morgan fingerprint density at radius 1 is 1.14 bits per heavy atom. The van der Waals surface area contributed by atoms with Crippen molar-refractivity contribution in [3.8, 4) is 0 Å². The van der Waals surface area contributed by atoms with Gasteiger partial charge in [0.1, 0.15) is 12.6 Å². The van der Waals surface area contributed by atoms with Crippen LogP contribution in [0.15, 0.2) is 0 Å². The standard InChI is InChI=1S/C11H18F3N3O3S/c12-11(13,14)8-15-10(18)9-4-3-7-17(9)21(19,20)16-5-1-2-6-16/h9H,1-8H2,(H,15,18)/t9-/m1/s1. The Kier molecular flexibility index (Phi) is 4.79. The highest BCUT2D eigenvalue weighted by Crippen LogP contribution is 2.26. The van der Waals surface area contributed by atoms with E-state index in [0.29, 0.717) is 19.5 Å². The molecule has 0 bridgehead atoms. The van der Waals surface area contributed by atoms with Crippen molar-refractivity contribution in [1.82, 2.24) is 13.9 Å². The van der Waals surface area contributed by atoms with Gasteiger partial charge in [-0.25, -0.2) is 0 Å². The van der Waals surface area contributed by atoms with Crippen molar-refractivity contribution in [3.63, 3.8) is 0 Å². The first-order chi connectivity index (χ1) is 9.72. The van der Waals surface area contributed by atoms with Crippen molar-refractivity contribution in [3.05, 3.63) is 0 Å². The summed E-state index contributed by atoms with van der Waals surface area (Å²) >= 11 is 0. The van der Waals surface area contributed by atoms with Crippen molar-refractivity contribution >= 4 is 16.1 Å². The van der Waals surface area contributed by atoms with Crippen molar-refractivity contribution in [2.75, 3.05) is 26.2 Å². The summed E-state index contributed by atoms with van der Waals surface area (Å²) in [5.74, 6) is -0.882. The molecule has 1 atom stereocenters. The molecule has 0 aromatic carbocycles. The molecule has 0 radical (unpaired) electrons. The molecule has 1 N–H and O–H groups in total. The fraction of sp³-hybridized carbons (Fsp3) is 0.909. The summed E-state index contributed by atoms with van der Waals surface area (Å²) in [7, 11) is -3.76. The van der Waals surface area contributed by atoms with Gasteiger partial charge in [0, 0.05) is 19.6 Å². The second kappa shape index (κ2) is 6.09. The van der Waals surface area contributed by atoms with Gasteiger partial charge in [0.15, 0.2) is 0 Å². The largest absolute Gasteiger partial charge is 0.405 e. The van der Waals surface area contributed by atoms with Gasteiger partial charge in [-0.05, 0) is 25.7 Å². The van der Waals surface area contributed by atoms with Gasteiger partial charge >= 0.3 is 6.18 Å². The predicted octanol–water partition coefficient (Wildman–Crippen LogP) is 0.470. The zero-order valence-corrected chi connectivity index (χ0v) is 12.2.